The Labute approximate surface area is 198 Å². The van der Waals surface area contributed by atoms with Gasteiger partial charge in [-0.25, -0.2) is 0 Å². The van der Waals surface area contributed by atoms with Crippen LogP contribution in [0.3, 0.4) is 0 Å². The molecule has 0 aromatic heterocycles. The molecule has 33 heavy (non-hydrogen) atoms. The molecular weight excluding hydrogens is 420 g/mol. The molecule has 1 aliphatic heterocycles. The summed E-state index contributed by atoms with van der Waals surface area (Å²) >= 11 is 0. The molecule has 0 amide bonds. The molecule has 1 unspecified atom stereocenters. The molecule has 5 aliphatic rings. The summed E-state index contributed by atoms with van der Waals surface area (Å²) in [6.07, 6.45) is 7.37. The minimum Gasteiger partial charge on any atom is -0.393 e. The maximum absolute atomic E-state index is 12.1. The highest BCUT2D eigenvalue weighted by atomic mass is 16.7. The van der Waals surface area contributed by atoms with Crippen LogP contribution in [0.15, 0.2) is 11.6 Å². The molecule has 4 N–H and O–H groups in total. The number of hydrogen-bond acceptors (Lipinski definition) is 6. The third-order valence-electron chi connectivity index (χ3n) is 10.9. The first kappa shape index (κ1) is 24.2. The zero-order chi connectivity index (χ0) is 23.8. The van der Waals surface area contributed by atoms with E-state index in [0.717, 1.165) is 51.4 Å². The van der Waals surface area contributed by atoms with E-state index in [1.165, 1.54) is 5.57 Å². The van der Waals surface area contributed by atoms with E-state index in [1.807, 2.05) is 6.92 Å². The summed E-state index contributed by atoms with van der Waals surface area (Å²) in [5, 5.41) is 42.6. The molecular formula is C27H44O6. The summed E-state index contributed by atoms with van der Waals surface area (Å²) in [7, 11) is 0. The molecule has 6 heteroatoms. The van der Waals surface area contributed by atoms with Gasteiger partial charge in [0, 0.05) is 11.8 Å². The number of fused-ring (bicyclic) bond motifs is 5. The van der Waals surface area contributed by atoms with Gasteiger partial charge in [-0.15, -0.1) is 0 Å². The molecule has 3 saturated carbocycles. The van der Waals surface area contributed by atoms with E-state index in [4.69, 9.17) is 9.47 Å². The molecule has 6 nitrogen and oxygen atoms in total. The summed E-state index contributed by atoms with van der Waals surface area (Å²) in [5.74, 6) is 0.898. The van der Waals surface area contributed by atoms with Gasteiger partial charge in [0.05, 0.1) is 30.0 Å². The second-order valence-corrected chi connectivity index (χ2v) is 12.4. The van der Waals surface area contributed by atoms with E-state index in [0.29, 0.717) is 12.3 Å². The molecule has 4 fully saturated rings. The highest BCUT2D eigenvalue weighted by molar-refractivity contribution is 5.28. The highest BCUT2D eigenvalue weighted by Crippen LogP contribution is 2.68. The number of hydrogen-bond donors (Lipinski definition) is 4. The quantitative estimate of drug-likeness (QED) is 0.479. The summed E-state index contributed by atoms with van der Waals surface area (Å²) in [6.45, 7) is 8.30. The van der Waals surface area contributed by atoms with Crippen molar-refractivity contribution in [3.8, 4) is 0 Å². The van der Waals surface area contributed by atoms with Crippen molar-refractivity contribution < 1.29 is 29.9 Å². The highest BCUT2D eigenvalue weighted by Gasteiger charge is 2.66. The van der Waals surface area contributed by atoms with Gasteiger partial charge in [-0.2, -0.15) is 0 Å². The fraction of sp³-hybridized carbons (Fsp3) is 0.926. The lowest BCUT2D eigenvalue weighted by Gasteiger charge is -2.61. The van der Waals surface area contributed by atoms with Crippen LogP contribution in [-0.2, 0) is 9.47 Å². The van der Waals surface area contributed by atoms with E-state index in [2.05, 4.69) is 19.9 Å². The lowest BCUT2D eigenvalue weighted by Crippen LogP contribution is -2.61. The van der Waals surface area contributed by atoms with Crippen molar-refractivity contribution in [2.45, 2.75) is 128 Å². The van der Waals surface area contributed by atoms with Gasteiger partial charge in [-0.3, -0.25) is 0 Å². The molecule has 188 valence electrons. The Hall–Kier alpha value is -0.500. The van der Waals surface area contributed by atoms with E-state index in [1.54, 1.807) is 6.92 Å². The Bertz CT molecular complexity index is 771. The van der Waals surface area contributed by atoms with Gasteiger partial charge in [0.25, 0.3) is 0 Å². The van der Waals surface area contributed by atoms with Crippen LogP contribution >= 0.6 is 0 Å². The molecule has 0 bridgehead atoms. The first-order valence-electron chi connectivity index (χ1n) is 13.3. The number of allylic oxidation sites excluding steroid dienone is 1. The third-order valence-corrected chi connectivity index (χ3v) is 10.9. The predicted octanol–water partition coefficient (Wildman–Crippen LogP) is 3.30. The first-order chi connectivity index (χ1) is 15.5. The smallest absolute Gasteiger partial charge is 0.161 e. The van der Waals surface area contributed by atoms with Gasteiger partial charge in [0.2, 0.25) is 0 Å². The van der Waals surface area contributed by atoms with Crippen molar-refractivity contribution in [2.24, 2.45) is 28.6 Å². The Balaban J connectivity index is 1.31. The molecule has 5 rings (SSSR count). The Kier molecular flexibility index (Phi) is 6.07. The molecule has 0 aromatic carbocycles. The fourth-order valence-electron chi connectivity index (χ4n) is 8.85. The fourth-order valence-corrected chi connectivity index (χ4v) is 8.85. The van der Waals surface area contributed by atoms with Gasteiger partial charge >= 0.3 is 0 Å². The van der Waals surface area contributed by atoms with Crippen molar-refractivity contribution in [1.29, 1.82) is 0 Å². The lowest BCUT2D eigenvalue weighted by atomic mass is 9.45. The Morgan fingerprint density at radius 3 is 2.55 bits per heavy atom. The summed E-state index contributed by atoms with van der Waals surface area (Å²) in [6, 6.07) is 0. The summed E-state index contributed by atoms with van der Waals surface area (Å²) in [4.78, 5) is 0. The van der Waals surface area contributed by atoms with E-state index >= 15 is 0 Å². The van der Waals surface area contributed by atoms with Crippen LogP contribution in [0, 0.1) is 28.6 Å². The zero-order valence-corrected chi connectivity index (χ0v) is 20.7. The number of aliphatic hydroxyl groups excluding tert-OH is 3. The monoisotopic (exact) mass is 464 g/mol. The molecule has 1 heterocycles. The summed E-state index contributed by atoms with van der Waals surface area (Å²) < 4.78 is 12.1. The standard InChI is InChI=1S/C27H44O6/c1-15(28)19-9-12-27(31)21-6-5-17-13-18(33-23-14-22(29)24(30)16(2)32-23)7-10-25(17,3)20(21)8-11-26(19,27)4/h5,15-16,18-24,28-31H,6-14H2,1-4H3/t15?,16-,18-,19+,20-,21+,22-,23+,24+,25-,26+,27-/m0/s1. The van der Waals surface area contributed by atoms with Crippen LogP contribution in [0.1, 0.15) is 85.5 Å². The maximum Gasteiger partial charge on any atom is 0.161 e. The number of aliphatic hydroxyl groups is 4. The van der Waals surface area contributed by atoms with Gasteiger partial charge in [-0.05, 0) is 88.4 Å². The van der Waals surface area contributed by atoms with Gasteiger partial charge in [0.15, 0.2) is 6.29 Å². The average Bonchev–Trinajstić information content (AvgIpc) is 3.04. The Morgan fingerprint density at radius 1 is 1.09 bits per heavy atom. The normalized spacial score (nSPS) is 55.2. The first-order valence-corrected chi connectivity index (χ1v) is 13.3. The molecule has 0 aromatic rings. The summed E-state index contributed by atoms with van der Waals surface area (Å²) in [5.41, 5.74) is 0.643. The van der Waals surface area contributed by atoms with Gasteiger partial charge in [0.1, 0.15) is 6.10 Å². The third kappa shape index (κ3) is 3.58. The van der Waals surface area contributed by atoms with Gasteiger partial charge < -0.3 is 29.9 Å². The molecule has 4 aliphatic carbocycles. The molecule has 12 atom stereocenters. The van der Waals surface area contributed by atoms with Crippen molar-refractivity contribution in [3.63, 3.8) is 0 Å². The average molecular weight is 465 g/mol. The largest absolute Gasteiger partial charge is 0.393 e. The van der Waals surface area contributed by atoms with Crippen molar-refractivity contribution in [1.82, 2.24) is 0 Å². The Morgan fingerprint density at radius 2 is 1.85 bits per heavy atom. The molecule has 0 radical (unpaired) electrons. The van der Waals surface area contributed by atoms with Gasteiger partial charge in [-0.1, -0.05) is 25.5 Å². The van der Waals surface area contributed by atoms with E-state index in [-0.39, 0.29) is 34.9 Å². The van der Waals surface area contributed by atoms with Crippen LogP contribution in [0.5, 0.6) is 0 Å². The zero-order valence-electron chi connectivity index (χ0n) is 20.7. The number of rotatable bonds is 3. The van der Waals surface area contributed by atoms with Crippen molar-refractivity contribution in [2.75, 3.05) is 0 Å². The van der Waals surface area contributed by atoms with E-state index in [9.17, 15) is 20.4 Å². The van der Waals surface area contributed by atoms with Crippen molar-refractivity contribution in [3.05, 3.63) is 11.6 Å². The SMILES string of the molecule is CC(O)[C@H]1CC[C@]2(O)[C@@H]3CC=C4C[C@@H](O[C@@H]5C[C@H](O)[C@H](O)[C@H](C)O5)CC[C@]4(C)[C@H]3CC[C@]12C. The maximum atomic E-state index is 12.1. The second kappa shape index (κ2) is 8.28. The minimum atomic E-state index is -0.857. The van der Waals surface area contributed by atoms with Crippen LogP contribution in [0.2, 0.25) is 0 Å². The van der Waals surface area contributed by atoms with E-state index < -0.39 is 30.2 Å². The topological polar surface area (TPSA) is 99.4 Å². The molecule has 1 saturated heterocycles. The van der Waals surface area contributed by atoms with Crippen LogP contribution < -0.4 is 0 Å². The van der Waals surface area contributed by atoms with Crippen LogP contribution in [0.25, 0.3) is 0 Å². The minimum absolute atomic E-state index is 0.0589. The van der Waals surface area contributed by atoms with Crippen LogP contribution in [-0.4, -0.2) is 62.8 Å². The predicted molar refractivity (Wildman–Crippen MR) is 124 cm³/mol. The lowest BCUT2D eigenvalue weighted by molar-refractivity contribution is -0.262. The van der Waals surface area contributed by atoms with Crippen LogP contribution in [0.4, 0.5) is 0 Å². The second-order valence-electron chi connectivity index (χ2n) is 12.4. The number of ether oxygens (including phenoxy) is 2. The van der Waals surface area contributed by atoms with Crippen molar-refractivity contribution >= 4 is 0 Å². The molecule has 0 spiro atoms.